The minimum Gasteiger partial charge on any atom is -0.394 e. The van der Waals surface area contributed by atoms with Gasteiger partial charge in [0.25, 0.3) is 10.1 Å². The number of rotatable bonds is 7. The molecule has 3 aromatic carbocycles. The second kappa shape index (κ2) is 7.66. The molecule has 0 fully saturated rings. The standard InChI is InChI=1S/C22H23NO4S2/c1-22(13-24,14-27-29(2,25)26)23-12-17-8-5-9-18-19-10-15-6-3-4-7-16(15)11-20(19)28-21(17)18/h3-11,23-24H,12-14H2,1-2H3. The maximum atomic E-state index is 11.3. The summed E-state index contributed by atoms with van der Waals surface area (Å²) in [5.74, 6) is 0. The van der Waals surface area contributed by atoms with Gasteiger partial charge in [-0.2, -0.15) is 8.42 Å². The van der Waals surface area contributed by atoms with Crippen LogP contribution in [0.15, 0.2) is 54.6 Å². The van der Waals surface area contributed by atoms with E-state index in [1.807, 2.05) is 18.2 Å². The molecule has 1 heterocycles. The van der Waals surface area contributed by atoms with Crippen molar-refractivity contribution in [3.8, 4) is 0 Å². The first-order valence-corrected chi connectivity index (χ1v) is 11.9. The summed E-state index contributed by atoms with van der Waals surface area (Å²) in [5, 5.41) is 17.9. The molecule has 4 aromatic rings. The molecule has 0 amide bonds. The number of hydrogen-bond donors (Lipinski definition) is 2. The van der Waals surface area contributed by atoms with Crippen LogP contribution in [0.25, 0.3) is 30.9 Å². The van der Waals surface area contributed by atoms with Crippen molar-refractivity contribution in [2.45, 2.75) is 19.0 Å². The molecule has 4 rings (SSSR count). The van der Waals surface area contributed by atoms with E-state index in [-0.39, 0.29) is 13.2 Å². The average molecular weight is 430 g/mol. The lowest BCUT2D eigenvalue weighted by Gasteiger charge is -2.28. The van der Waals surface area contributed by atoms with Crippen LogP contribution < -0.4 is 5.32 Å². The summed E-state index contributed by atoms with van der Waals surface area (Å²) in [5.41, 5.74) is 0.239. The number of aliphatic hydroxyl groups is 1. The highest BCUT2D eigenvalue weighted by Crippen LogP contribution is 2.38. The predicted molar refractivity (Wildman–Crippen MR) is 120 cm³/mol. The maximum Gasteiger partial charge on any atom is 0.264 e. The molecular formula is C22H23NO4S2. The fourth-order valence-electron chi connectivity index (χ4n) is 3.38. The SMILES string of the molecule is CC(CO)(COS(C)(=O)=O)NCc1cccc2c1sc1cc3ccccc3cc12. The molecule has 0 aliphatic carbocycles. The van der Waals surface area contributed by atoms with Crippen LogP contribution in [-0.2, 0) is 20.8 Å². The van der Waals surface area contributed by atoms with Crippen molar-refractivity contribution in [2.75, 3.05) is 19.5 Å². The van der Waals surface area contributed by atoms with Gasteiger partial charge in [0.2, 0.25) is 0 Å². The lowest BCUT2D eigenvalue weighted by atomic mass is 10.0. The first-order valence-electron chi connectivity index (χ1n) is 9.31. The van der Waals surface area contributed by atoms with Gasteiger partial charge in [-0.05, 0) is 35.4 Å². The van der Waals surface area contributed by atoms with Crippen molar-refractivity contribution in [2.24, 2.45) is 0 Å². The van der Waals surface area contributed by atoms with E-state index in [1.165, 1.54) is 30.9 Å². The third kappa shape index (κ3) is 4.29. The van der Waals surface area contributed by atoms with E-state index in [0.29, 0.717) is 6.54 Å². The Hall–Kier alpha value is -2.03. The monoisotopic (exact) mass is 429 g/mol. The number of aliphatic hydroxyl groups excluding tert-OH is 1. The summed E-state index contributed by atoms with van der Waals surface area (Å²) >= 11 is 1.75. The molecule has 7 heteroatoms. The van der Waals surface area contributed by atoms with Crippen molar-refractivity contribution < 1.29 is 17.7 Å². The Bertz CT molecular complexity index is 1300. The van der Waals surface area contributed by atoms with Crippen LogP contribution in [0.1, 0.15) is 12.5 Å². The maximum absolute atomic E-state index is 11.3. The van der Waals surface area contributed by atoms with Gasteiger partial charge in [0, 0.05) is 26.7 Å². The molecule has 5 nitrogen and oxygen atoms in total. The molecule has 0 aliphatic heterocycles. The van der Waals surface area contributed by atoms with Crippen LogP contribution >= 0.6 is 11.3 Å². The lowest BCUT2D eigenvalue weighted by Crippen LogP contribution is -2.49. The van der Waals surface area contributed by atoms with Gasteiger partial charge in [-0.15, -0.1) is 11.3 Å². The van der Waals surface area contributed by atoms with E-state index in [4.69, 9.17) is 4.18 Å². The molecule has 1 atom stereocenters. The van der Waals surface area contributed by atoms with Crippen molar-refractivity contribution >= 4 is 52.4 Å². The van der Waals surface area contributed by atoms with Crippen LogP contribution in [0.4, 0.5) is 0 Å². The Balaban J connectivity index is 1.68. The zero-order valence-corrected chi connectivity index (χ0v) is 17.9. The molecule has 29 heavy (non-hydrogen) atoms. The first-order chi connectivity index (χ1) is 13.8. The second-order valence-corrected chi connectivity index (χ2v) is 10.3. The number of fused-ring (bicyclic) bond motifs is 4. The zero-order chi connectivity index (χ0) is 20.6. The van der Waals surface area contributed by atoms with Crippen LogP contribution in [0.2, 0.25) is 0 Å². The lowest BCUT2D eigenvalue weighted by molar-refractivity contribution is 0.118. The van der Waals surface area contributed by atoms with E-state index < -0.39 is 15.7 Å². The summed E-state index contributed by atoms with van der Waals surface area (Å²) in [6, 6.07) is 19.0. The first kappa shape index (κ1) is 20.3. The Kier molecular flexibility index (Phi) is 5.35. The molecule has 0 bridgehead atoms. The number of benzene rings is 3. The second-order valence-electron chi connectivity index (χ2n) is 7.63. The topological polar surface area (TPSA) is 75.6 Å². The van der Waals surface area contributed by atoms with E-state index in [9.17, 15) is 13.5 Å². The van der Waals surface area contributed by atoms with Gasteiger partial charge in [0.1, 0.15) is 0 Å². The van der Waals surface area contributed by atoms with Crippen molar-refractivity contribution in [1.82, 2.24) is 5.32 Å². The Morgan fingerprint density at radius 1 is 1.07 bits per heavy atom. The van der Waals surface area contributed by atoms with E-state index in [2.05, 4.69) is 41.7 Å². The molecular weight excluding hydrogens is 406 g/mol. The molecule has 2 N–H and O–H groups in total. The number of thiophene rings is 1. The highest BCUT2D eigenvalue weighted by molar-refractivity contribution is 7.85. The quantitative estimate of drug-likeness (QED) is 0.434. The van der Waals surface area contributed by atoms with E-state index in [0.717, 1.165) is 11.8 Å². The fraction of sp³-hybridized carbons (Fsp3) is 0.273. The summed E-state index contributed by atoms with van der Waals surface area (Å²) in [4.78, 5) is 0. The minimum atomic E-state index is -3.57. The Labute approximate surface area is 174 Å². The number of hydrogen-bond acceptors (Lipinski definition) is 6. The van der Waals surface area contributed by atoms with Crippen LogP contribution in [0.5, 0.6) is 0 Å². The summed E-state index contributed by atoms with van der Waals surface area (Å²) < 4.78 is 30.0. The highest BCUT2D eigenvalue weighted by Gasteiger charge is 2.25. The molecule has 0 saturated carbocycles. The molecule has 0 radical (unpaired) electrons. The van der Waals surface area contributed by atoms with Crippen LogP contribution in [-0.4, -0.2) is 38.5 Å². The summed E-state index contributed by atoms with van der Waals surface area (Å²) in [7, 11) is -3.57. The largest absolute Gasteiger partial charge is 0.394 e. The number of nitrogens with one attached hydrogen (secondary N) is 1. The molecule has 152 valence electrons. The molecule has 0 spiro atoms. The van der Waals surface area contributed by atoms with Crippen molar-refractivity contribution in [1.29, 1.82) is 0 Å². The summed E-state index contributed by atoms with van der Waals surface area (Å²) in [6.45, 7) is 1.87. The fourth-order valence-corrected chi connectivity index (χ4v) is 5.10. The van der Waals surface area contributed by atoms with Gasteiger partial charge in [0.15, 0.2) is 0 Å². The highest BCUT2D eigenvalue weighted by atomic mass is 32.2. The normalized spacial score (nSPS) is 14.6. The van der Waals surface area contributed by atoms with Crippen molar-refractivity contribution in [3.63, 3.8) is 0 Å². The van der Waals surface area contributed by atoms with E-state index >= 15 is 0 Å². The summed E-state index contributed by atoms with van der Waals surface area (Å²) in [6.07, 6.45) is 1.01. The Morgan fingerprint density at radius 3 is 2.48 bits per heavy atom. The van der Waals surface area contributed by atoms with Gasteiger partial charge in [-0.25, -0.2) is 0 Å². The van der Waals surface area contributed by atoms with Gasteiger partial charge < -0.3 is 10.4 Å². The van der Waals surface area contributed by atoms with Gasteiger partial charge in [0.05, 0.1) is 25.0 Å². The van der Waals surface area contributed by atoms with Gasteiger partial charge in [-0.1, -0.05) is 42.5 Å². The Morgan fingerprint density at radius 2 is 1.79 bits per heavy atom. The third-order valence-corrected chi connectivity index (χ3v) is 6.88. The van der Waals surface area contributed by atoms with Crippen LogP contribution in [0, 0.1) is 0 Å². The zero-order valence-electron chi connectivity index (χ0n) is 16.3. The molecule has 0 saturated heterocycles. The van der Waals surface area contributed by atoms with Crippen LogP contribution in [0.3, 0.4) is 0 Å². The van der Waals surface area contributed by atoms with Gasteiger partial charge >= 0.3 is 0 Å². The van der Waals surface area contributed by atoms with Crippen molar-refractivity contribution in [3.05, 3.63) is 60.2 Å². The van der Waals surface area contributed by atoms with Gasteiger partial charge in [-0.3, -0.25) is 4.18 Å². The minimum absolute atomic E-state index is 0.129. The predicted octanol–water partition coefficient (Wildman–Crippen LogP) is 4.02. The third-order valence-electron chi connectivity index (χ3n) is 5.09. The molecule has 1 aromatic heterocycles. The average Bonchev–Trinajstić information content (AvgIpc) is 3.06. The smallest absolute Gasteiger partial charge is 0.264 e. The molecule has 0 aliphatic rings. The van der Waals surface area contributed by atoms with E-state index in [1.54, 1.807) is 18.3 Å². The molecule has 1 unspecified atom stereocenters.